The van der Waals surface area contributed by atoms with E-state index in [0.29, 0.717) is 13.1 Å². The number of hydrogen-bond donors (Lipinski definition) is 2. The molecule has 0 saturated heterocycles. The molecule has 0 saturated carbocycles. The van der Waals surface area contributed by atoms with E-state index < -0.39 is 5.41 Å². The van der Waals surface area contributed by atoms with Gasteiger partial charge in [0, 0.05) is 42.7 Å². The lowest BCUT2D eigenvalue weighted by Gasteiger charge is -2.26. The molecule has 2 heterocycles. The van der Waals surface area contributed by atoms with E-state index in [0.717, 1.165) is 22.6 Å². The average molecular weight is 317 g/mol. The molecule has 6 heteroatoms. The summed E-state index contributed by atoms with van der Waals surface area (Å²) in [5.41, 5.74) is 3.51. The van der Waals surface area contributed by atoms with Crippen molar-refractivity contribution in [1.29, 1.82) is 0 Å². The summed E-state index contributed by atoms with van der Waals surface area (Å²) in [6.07, 6.45) is 1.89. The monoisotopic (exact) mass is 317 g/mol. The number of nitrogens with one attached hydrogen (secondary N) is 2. The maximum atomic E-state index is 12.1. The Morgan fingerprint density at radius 3 is 2.74 bits per heavy atom. The zero-order chi connectivity index (χ0) is 17.2. The van der Waals surface area contributed by atoms with Crippen molar-refractivity contribution in [2.45, 2.75) is 47.6 Å². The molecule has 1 amide bonds. The van der Waals surface area contributed by atoms with Gasteiger partial charge in [0.2, 0.25) is 5.91 Å². The minimum atomic E-state index is -0.460. The Labute approximate surface area is 137 Å². The summed E-state index contributed by atoms with van der Waals surface area (Å²) in [6.45, 7) is 13.2. The molecule has 2 rings (SSSR count). The van der Waals surface area contributed by atoms with Gasteiger partial charge < -0.3 is 10.6 Å². The third-order valence-corrected chi connectivity index (χ3v) is 4.15. The molecule has 0 bridgehead atoms. The average Bonchev–Trinajstić information content (AvgIpc) is 2.87. The molecule has 0 aliphatic heterocycles. The van der Waals surface area contributed by atoms with E-state index in [-0.39, 0.29) is 11.9 Å². The van der Waals surface area contributed by atoms with Gasteiger partial charge in [-0.3, -0.25) is 4.79 Å². The lowest BCUT2D eigenvalue weighted by Crippen LogP contribution is -2.44. The number of rotatable bonds is 6. The normalized spacial score (nSPS) is 13.3. The van der Waals surface area contributed by atoms with Gasteiger partial charge in [0.05, 0.1) is 11.1 Å². The fraction of sp³-hybridized carbons (Fsp3) is 0.588. The number of aryl methyl sites for hydroxylation is 2. The largest absolute Gasteiger partial charge is 0.356 e. The van der Waals surface area contributed by atoms with Crippen molar-refractivity contribution in [2.24, 2.45) is 5.41 Å². The van der Waals surface area contributed by atoms with Crippen LogP contribution < -0.4 is 10.6 Å². The summed E-state index contributed by atoms with van der Waals surface area (Å²) < 4.78 is 1.87. The Morgan fingerprint density at radius 1 is 1.39 bits per heavy atom. The maximum absolute atomic E-state index is 12.1. The molecule has 0 aromatic carbocycles. The summed E-state index contributed by atoms with van der Waals surface area (Å²) >= 11 is 0. The molecule has 6 nitrogen and oxygen atoms in total. The standard InChI is InChI=1S/C17H27N5O/c1-7-18-16(23)17(5,6)10-20-12(3)14-9-19-15-8-11(2)21-22(15)13(14)4/h8-9,12,20H,7,10H2,1-6H3,(H,18,23)/t12-/m1/s1. The third-order valence-electron chi connectivity index (χ3n) is 4.15. The first-order chi connectivity index (χ1) is 10.8. The van der Waals surface area contributed by atoms with Gasteiger partial charge in [0.15, 0.2) is 5.65 Å². The molecule has 0 aliphatic rings. The van der Waals surface area contributed by atoms with Gasteiger partial charge in [-0.15, -0.1) is 0 Å². The Balaban J connectivity index is 2.13. The molecule has 1 atom stereocenters. The van der Waals surface area contributed by atoms with E-state index in [2.05, 4.69) is 27.6 Å². The summed E-state index contributed by atoms with van der Waals surface area (Å²) in [5, 5.41) is 10.8. The van der Waals surface area contributed by atoms with Crippen molar-refractivity contribution >= 4 is 11.6 Å². The van der Waals surface area contributed by atoms with Crippen molar-refractivity contribution in [2.75, 3.05) is 13.1 Å². The summed E-state index contributed by atoms with van der Waals surface area (Å²) in [7, 11) is 0. The summed E-state index contributed by atoms with van der Waals surface area (Å²) in [4.78, 5) is 16.6. The number of amides is 1. The second-order valence-electron chi connectivity index (χ2n) is 6.70. The van der Waals surface area contributed by atoms with Crippen molar-refractivity contribution in [3.8, 4) is 0 Å². The highest BCUT2D eigenvalue weighted by Gasteiger charge is 2.27. The minimum Gasteiger partial charge on any atom is -0.356 e. The van der Waals surface area contributed by atoms with E-state index >= 15 is 0 Å². The molecular formula is C17H27N5O. The number of hydrogen-bond acceptors (Lipinski definition) is 4. The van der Waals surface area contributed by atoms with E-state index in [1.807, 2.05) is 51.4 Å². The van der Waals surface area contributed by atoms with Crippen molar-refractivity contribution < 1.29 is 4.79 Å². The van der Waals surface area contributed by atoms with E-state index in [9.17, 15) is 4.79 Å². The number of carbonyl (C=O) groups excluding carboxylic acids is 1. The fourth-order valence-corrected chi connectivity index (χ4v) is 2.60. The quantitative estimate of drug-likeness (QED) is 0.856. The SMILES string of the molecule is CCNC(=O)C(C)(C)CN[C@H](C)c1cnc2cc(C)nn2c1C. The Hall–Kier alpha value is -1.95. The second-order valence-corrected chi connectivity index (χ2v) is 6.70. The highest BCUT2D eigenvalue weighted by molar-refractivity contribution is 5.81. The van der Waals surface area contributed by atoms with Crippen molar-refractivity contribution in [1.82, 2.24) is 25.2 Å². The predicted octanol–water partition coefficient (Wildman–Crippen LogP) is 2.16. The van der Waals surface area contributed by atoms with Crippen LogP contribution in [0.25, 0.3) is 5.65 Å². The highest BCUT2D eigenvalue weighted by atomic mass is 16.2. The van der Waals surface area contributed by atoms with E-state index in [4.69, 9.17) is 0 Å². The topological polar surface area (TPSA) is 71.3 Å². The molecule has 0 fully saturated rings. The van der Waals surface area contributed by atoms with Crippen LogP contribution in [-0.2, 0) is 4.79 Å². The van der Waals surface area contributed by atoms with Gasteiger partial charge in [-0.05, 0) is 41.5 Å². The third kappa shape index (κ3) is 3.69. The van der Waals surface area contributed by atoms with Crippen LogP contribution >= 0.6 is 0 Å². The van der Waals surface area contributed by atoms with Gasteiger partial charge >= 0.3 is 0 Å². The second kappa shape index (κ2) is 6.66. The van der Waals surface area contributed by atoms with Crippen molar-refractivity contribution in [3.63, 3.8) is 0 Å². The molecule has 126 valence electrons. The molecule has 2 aromatic rings. The van der Waals surface area contributed by atoms with Crippen LogP contribution in [0.4, 0.5) is 0 Å². The molecule has 2 aromatic heterocycles. The number of nitrogens with zero attached hydrogens (tertiary/aromatic N) is 3. The molecule has 23 heavy (non-hydrogen) atoms. The van der Waals surface area contributed by atoms with Crippen molar-refractivity contribution in [3.05, 3.63) is 29.2 Å². The first kappa shape index (κ1) is 17.4. The number of aromatic nitrogens is 3. The maximum Gasteiger partial charge on any atom is 0.226 e. The first-order valence-electron chi connectivity index (χ1n) is 8.10. The van der Waals surface area contributed by atoms with Crippen LogP contribution in [0.2, 0.25) is 0 Å². The number of carbonyl (C=O) groups is 1. The first-order valence-corrected chi connectivity index (χ1v) is 8.10. The summed E-state index contributed by atoms with van der Waals surface area (Å²) in [5.74, 6) is 0.0627. The molecular weight excluding hydrogens is 290 g/mol. The molecule has 0 spiro atoms. The van der Waals surface area contributed by atoms with Crippen LogP contribution in [0.5, 0.6) is 0 Å². The van der Waals surface area contributed by atoms with Crippen LogP contribution in [0.15, 0.2) is 12.3 Å². The van der Waals surface area contributed by atoms with Gasteiger partial charge in [-0.1, -0.05) is 0 Å². The molecule has 0 aliphatic carbocycles. The smallest absolute Gasteiger partial charge is 0.226 e. The summed E-state index contributed by atoms with van der Waals surface area (Å²) in [6, 6.07) is 2.05. The van der Waals surface area contributed by atoms with Gasteiger partial charge in [-0.25, -0.2) is 9.50 Å². The Kier molecular flexibility index (Phi) is 5.04. The zero-order valence-corrected chi connectivity index (χ0v) is 14.9. The van der Waals surface area contributed by atoms with Gasteiger partial charge in [-0.2, -0.15) is 5.10 Å². The number of fused-ring (bicyclic) bond motifs is 1. The zero-order valence-electron chi connectivity index (χ0n) is 14.9. The van der Waals surface area contributed by atoms with Crippen LogP contribution in [0, 0.1) is 19.3 Å². The van der Waals surface area contributed by atoms with Gasteiger partial charge in [0.25, 0.3) is 0 Å². The van der Waals surface area contributed by atoms with E-state index in [1.165, 1.54) is 0 Å². The molecule has 0 unspecified atom stereocenters. The lowest BCUT2D eigenvalue weighted by atomic mass is 9.91. The highest BCUT2D eigenvalue weighted by Crippen LogP contribution is 2.20. The van der Waals surface area contributed by atoms with Crippen LogP contribution in [0.3, 0.4) is 0 Å². The Bertz CT molecular complexity index is 704. The minimum absolute atomic E-state index is 0.0627. The van der Waals surface area contributed by atoms with Gasteiger partial charge in [0.1, 0.15) is 0 Å². The molecule has 0 radical (unpaired) electrons. The van der Waals surface area contributed by atoms with Crippen LogP contribution in [-0.4, -0.2) is 33.6 Å². The fourth-order valence-electron chi connectivity index (χ4n) is 2.60. The predicted molar refractivity (Wildman–Crippen MR) is 91.3 cm³/mol. The Morgan fingerprint density at radius 2 is 2.09 bits per heavy atom. The molecule has 2 N–H and O–H groups in total. The van der Waals surface area contributed by atoms with Crippen LogP contribution in [0.1, 0.15) is 50.7 Å². The van der Waals surface area contributed by atoms with E-state index in [1.54, 1.807) is 0 Å². The lowest BCUT2D eigenvalue weighted by molar-refractivity contribution is -0.129.